The van der Waals surface area contributed by atoms with Crippen LogP contribution in [0.25, 0.3) is 0 Å². The molecule has 1 heterocycles. The van der Waals surface area contributed by atoms with Crippen molar-refractivity contribution >= 4 is 11.4 Å². The molecule has 1 aromatic carbocycles. The van der Waals surface area contributed by atoms with Crippen LogP contribution < -0.4 is 10.6 Å². The van der Waals surface area contributed by atoms with Gasteiger partial charge in [0.1, 0.15) is 6.07 Å². The quantitative estimate of drug-likeness (QED) is 0.829. The zero-order valence-electron chi connectivity index (χ0n) is 10.7. The fourth-order valence-corrected chi connectivity index (χ4v) is 2.45. The lowest BCUT2D eigenvalue weighted by Gasteiger charge is -2.34. The van der Waals surface area contributed by atoms with Gasteiger partial charge in [0.15, 0.2) is 0 Å². The number of anilines is 2. The summed E-state index contributed by atoms with van der Waals surface area (Å²) in [5.74, 6) is 0. The third-order valence-corrected chi connectivity index (χ3v) is 3.26. The minimum Gasteiger partial charge on any atom is -0.399 e. The second-order valence-corrected chi connectivity index (χ2v) is 4.55. The molecule has 1 aliphatic rings. The molecule has 0 aromatic heterocycles. The normalized spacial score (nSPS) is 19.6. The van der Waals surface area contributed by atoms with Crippen molar-refractivity contribution in [3.63, 3.8) is 0 Å². The van der Waals surface area contributed by atoms with Gasteiger partial charge in [-0.1, -0.05) is 0 Å². The van der Waals surface area contributed by atoms with Gasteiger partial charge in [-0.25, -0.2) is 0 Å². The van der Waals surface area contributed by atoms with Gasteiger partial charge in [0.25, 0.3) is 0 Å². The fourth-order valence-electron chi connectivity index (χ4n) is 2.45. The second-order valence-electron chi connectivity index (χ2n) is 4.55. The van der Waals surface area contributed by atoms with Gasteiger partial charge in [-0.05, 0) is 38.0 Å². The summed E-state index contributed by atoms with van der Waals surface area (Å²) in [5, 5.41) is 9.18. The number of rotatable bonds is 3. The number of nitrogen functional groups attached to an aromatic ring is 1. The highest BCUT2D eigenvalue weighted by Gasteiger charge is 2.21. The van der Waals surface area contributed by atoms with Crippen molar-refractivity contribution in [3.05, 3.63) is 23.8 Å². The highest BCUT2D eigenvalue weighted by molar-refractivity contribution is 5.64. The molecule has 4 heteroatoms. The summed E-state index contributed by atoms with van der Waals surface area (Å²) in [7, 11) is 0. The minimum absolute atomic E-state index is 0.271. The van der Waals surface area contributed by atoms with E-state index in [1.54, 1.807) is 6.07 Å². The van der Waals surface area contributed by atoms with Crippen LogP contribution in [0.4, 0.5) is 11.4 Å². The van der Waals surface area contributed by atoms with E-state index >= 15 is 0 Å². The summed E-state index contributed by atoms with van der Waals surface area (Å²) < 4.78 is 5.68. The van der Waals surface area contributed by atoms with E-state index in [1.807, 2.05) is 19.1 Å². The Morgan fingerprint density at radius 3 is 3.11 bits per heavy atom. The van der Waals surface area contributed by atoms with E-state index in [-0.39, 0.29) is 6.10 Å². The summed E-state index contributed by atoms with van der Waals surface area (Å²) in [6.45, 7) is 4.59. The Hall–Kier alpha value is -1.73. The molecule has 1 atom stereocenters. The van der Waals surface area contributed by atoms with E-state index in [0.717, 1.165) is 38.2 Å². The highest BCUT2D eigenvalue weighted by atomic mass is 16.5. The number of benzene rings is 1. The number of hydrogen-bond donors (Lipinski definition) is 1. The van der Waals surface area contributed by atoms with Crippen molar-refractivity contribution in [2.24, 2.45) is 0 Å². The van der Waals surface area contributed by atoms with Crippen LogP contribution in [0.3, 0.4) is 0 Å². The van der Waals surface area contributed by atoms with Gasteiger partial charge in [-0.2, -0.15) is 5.26 Å². The minimum atomic E-state index is 0.271. The van der Waals surface area contributed by atoms with Gasteiger partial charge in [0, 0.05) is 25.4 Å². The van der Waals surface area contributed by atoms with Gasteiger partial charge in [0.2, 0.25) is 0 Å². The van der Waals surface area contributed by atoms with Gasteiger partial charge in [-0.15, -0.1) is 0 Å². The van der Waals surface area contributed by atoms with Crippen LogP contribution >= 0.6 is 0 Å². The molecular formula is C14H19N3O. The van der Waals surface area contributed by atoms with Crippen molar-refractivity contribution in [2.75, 3.05) is 30.3 Å². The van der Waals surface area contributed by atoms with Gasteiger partial charge in [0.05, 0.1) is 17.4 Å². The molecule has 2 N–H and O–H groups in total. The molecule has 1 aliphatic heterocycles. The second kappa shape index (κ2) is 5.74. The summed E-state index contributed by atoms with van der Waals surface area (Å²) in [4.78, 5) is 2.22. The molecule has 1 unspecified atom stereocenters. The van der Waals surface area contributed by atoms with Crippen LogP contribution in [-0.4, -0.2) is 25.8 Å². The molecule has 0 aliphatic carbocycles. The lowest BCUT2D eigenvalue weighted by atomic mass is 10.0. The van der Waals surface area contributed by atoms with E-state index in [2.05, 4.69) is 11.0 Å². The fraction of sp³-hybridized carbons (Fsp3) is 0.500. The highest BCUT2D eigenvalue weighted by Crippen LogP contribution is 2.26. The number of nitrogens with two attached hydrogens (primary N) is 1. The molecule has 4 nitrogen and oxygen atoms in total. The van der Waals surface area contributed by atoms with Crippen LogP contribution in [0.5, 0.6) is 0 Å². The van der Waals surface area contributed by atoms with Crippen molar-refractivity contribution in [1.82, 2.24) is 0 Å². The molecule has 1 aromatic rings. The number of nitriles is 1. The Morgan fingerprint density at radius 1 is 1.56 bits per heavy atom. The number of piperidine rings is 1. The van der Waals surface area contributed by atoms with Crippen molar-refractivity contribution in [2.45, 2.75) is 25.9 Å². The molecule has 1 fully saturated rings. The molecule has 96 valence electrons. The topological polar surface area (TPSA) is 62.3 Å². The van der Waals surface area contributed by atoms with Gasteiger partial charge >= 0.3 is 0 Å². The lowest BCUT2D eigenvalue weighted by Crippen LogP contribution is -2.40. The first-order valence-electron chi connectivity index (χ1n) is 6.40. The molecular weight excluding hydrogens is 226 g/mol. The summed E-state index contributed by atoms with van der Waals surface area (Å²) in [5.41, 5.74) is 7.96. The van der Waals surface area contributed by atoms with Crippen LogP contribution in [0.15, 0.2) is 18.2 Å². The summed E-state index contributed by atoms with van der Waals surface area (Å²) in [6.07, 6.45) is 2.47. The number of ether oxygens (including phenoxy) is 1. The SMILES string of the molecule is CCOC1CCCN(c2ccc(N)cc2C#N)C1. The Kier molecular flexibility index (Phi) is 4.06. The van der Waals surface area contributed by atoms with Crippen LogP contribution in [-0.2, 0) is 4.74 Å². The third-order valence-electron chi connectivity index (χ3n) is 3.26. The van der Waals surface area contributed by atoms with E-state index in [4.69, 9.17) is 10.5 Å². The Balaban J connectivity index is 2.18. The monoisotopic (exact) mass is 245 g/mol. The Bertz CT molecular complexity index is 451. The maximum Gasteiger partial charge on any atom is 0.101 e. The largest absolute Gasteiger partial charge is 0.399 e. The van der Waals surface area contributed by atoms with Crippen molar-refractivity contribution < 1.29 is 4.74 Å². The predicted octanol–water partition coefficient (Wildman–Crippen LogP) is 2.15. The molecule has 1 saturated heterocycles. The van der Waals surface area contributed by atoms with E-state index < -0.39 is 0 Å². The number of nitrogens with zero attached hydrogens (tertiary/aromatic N) is 2. The first-order chi connectivity index (χ1) is 8.74. The maximum atomic E-state index is 9.18. The summed E-state index contributed by atoms with van der Waals surface area (Å²) >= 11 is 0. The van der Waals surface area contributed by atoms with Crippen molar-refractivity contribution in [1.29, 1.82) is 5.26 Å². The molecule has 0 bridgehead atoms. The zero-order valence-corrected chi connectivity index (χ0v) is 10.7. The Morgan fingerprint density at radius 2 is 2.39 bits per heavy atom. The molecule has 18 heavy (non-hydrogen) atoms. The Labute approximate surface area is 108 Å². The lowest BCUT2D eigenvalue weighted by molar-refractivity contribution is 0.0526. The van der Waals surface area contributed by atoms with Gasteiger partial charge in [-0.3, -0.25) is 0 Å². The van der Waals surface area contributed by atoms with Crippen LogP contribution in [0.2, 0.25) is 0 Å². The van der Waals surface area contributed by atoms with Crippen LogP contribution in [0.1, 0.15) is 25.3 Å². The third kappa shape index (κ3) is 2.74. The first kappa shape index (κ1) is 12.7. The van der Waals surface area contributed by atoms with E-state index in [9.17, 15) is 5.26 Å². The maximum absolute atomic E-state index is 9.18. The smallest absolute Gasteiger partial charge is 0.101 e. The molecule has 0 spiro atoms. The summed E-state index contributed by atoms with van der Waals surface area (Å²) in [6, 6.07) is 7.73. The van der Waals surface area contributed by atoms with Gasteiger partial charge < -0.3 is 15.4 Å². The zero-order chi connectivity index (χ0) is 13.0. The van der Waals surface area contributed by atoms with E-state index in [1.165, 1.54) is 0 Å². The van der Waals surface area contributed by atoms with Crippen molar-refractivity contribution in [3.8, 4) is 6.07 Å². The molecule has 2 rings (SSSR count). The molecule has 0 amide bonds. The molecule has 0 radical (unpaired) electrons. The average molecular weight is 245 g/mol. The average Bonchev–Trinajstić information content (AvgIpc) is 2.39. The van der Waals surface area contributed by atoms with Crippen LogP contribution in [0, 0.1) is 11.3 Å². The predicted molar refractivity (Wildman–Crippen MR) is 72.4 cm³/mol. The molecule has 0 saturated carbocycles. The standard InChI is InChI=1S/C14H19N3O/c1-2-18-13-4-3-7-17(10-13)14-6-5-12(16)8-11(14)9-15/h5-6,8,13H,2-4,7,10,16H2,1H3. The number of hydrogen-bond acceptors (Lipinski definition) is 4. The first-order valence-corrected chi connectivity index (χ1v) is 6.40. The van der Waals surface area contributed by atoms with E-state index in [0.29, 0.717) is 11.3 Å².